The van der Waals surface area contributed by atoms with Crippen molar-refractivity contribution in [2.75, 3.05) is 5.73 Å². The monoisotopic (exact) mass is 320 g/mol. The number of rotatable bonds is 3. The lowest BCUT2D eigenvalue weighted by Crippen LogP contribution is -2.39. The SMILES string of the molecule is CCC1CCC(C)N1S(=O)(=O)c1cc(N)c(F)cc1Cl. The molecule has 1 aliphatic rings. The first-order chi connectivity index (χ1) is 9.28. The van der Waals surface area contributed by atoms with E-state index in [4.69, 9.17) is 17.3 Å². The zero-order valence-corrected chi connectivity index (χ0v) is 13.0. The van der Waals surface area contributed by atoms with Crippen LogP contribution in [0, 0.1) is 5.82 Å². The maximum atomic E-state index is 13.3. The summed E-state index contributed by atoms with van der Waals surface area (Å²) in [7, 11) is -3.76. The van der Waals surface area contributed by atoms with Crippen LogP contribution in [0.2, 0.25) is 5.02 Å². The molecule has 2 atom stereocenters. The molecular weight excluding hydrogens is 303 g/mol. The molecule has 1 aromatic carbocycles. The first-order valence-corrected chi connectivity index (χ1v) is 8.38. The summed E-state index contributed by atoms with van der Waals surface area (Å²) in [5.41, 5.74) is 5.26. The lowest BCUT2D eigenvalue weighted by molar-refractivity contribution is 0.328. The van der Waals surface area contributed by atoms with E-state index in [0.29, 0.717) is 0 Å². The minimum atomic E-state index is -3.76. The quantitative estimate of drug-likeness (QED) is 0.871. The fourth-order valence-corrected chi connectivity index (χ4v) is 5.20. The van der Waals surface area contributed by atoms with Gasteiger partial charge in [-0.3, -0.25) is 0 Å². The molecule has 2 rings (SSSR count). The first-order valence-electron chi connectivity index (χ1n) is 6.57. The molecule has 0 radical (unpaired) electrons. The molecule has 0 aromatic heterocycles. The number of benzene rings is 1. The van der Waals surface area contributed by atoms with Crippen molar-refractivity contribution < 1.29 is 12.8 Å². The minimum absolute atomic E-state index is 0.0441. The van der Waals surface area contributed by atoms with Gasteiger partial charge in [-0.2, -0.15) is 4.31 Å². The van der Waals surface area contributed by atoms with Crippen molar-refractivity contribution in [1.29, 1.82) is 0 Å². The third kappa shape index (κ3) is 2.52. The molecule has 4 nitrogen and oxygen atoms in total. The molecule has 112 valence electrons. The average Bonchev–Trinajstić information content (AvgIpc) is 2.75. The maximum absolute atomic E-state index is 13.3. The summed E-state index contributed by atoms with van der Waals surface area (Å²) in [6.45, 7) is 3.82. The Morgan fingerprint density at radius 3 is 2.70 bits per heavy atom. The molecule has 20 heavy (non-hydrogen) atoms. The highest BCUT2D eigenvalue weighted by atomic mass is 35.5. The minimum Gasteiger partial charge on any atom is -0.396 e. The highest BCUT2D eigenvalue weighted by molar-refractivity contribution is 7.89. The molecular formula is C13H18ClFN2O2S. The van der Waals surface area contributed by atoms with Gasteiger partial charge in [-0.25, -0.2) is 12.8 Å². The van der Waals surface area contributed by atoms with Gasteiger partial charge in [0.2, 0.25) is 10.0 Å². The number of nitrogen functional groups attached to an aromatic ring is 1. The third-order valence-corrected chi connectivity index (χ3v) is 6.32. The van der Waals surface area contributed by atoms with Gasteiger partial charge in [0.1, 0.15) is 10.7 Å². The van der Waals surface area contributed by atoms with E-state index in [1.165, 1.54) is 4.31 Å². The Morgan fingerprint density at radius 1 is 1.45 bits per heavy atom. The zero-order valence-electron chi connectivity index (χ0n) is 11.4. The van der Waals surface area contributed by atoms with Crippen LogP contribution in [-0.2, 0) is 10.0 Å². The fraction of sp³-hybridized carbons (Fsp3) is 0.538. The lowest BCUT2D eigenvalue weighted by atomic mass is 10.2. The second-order valence-electron chi connectivity index (χ2n) is 5.13. The van der Waals surface area contributed by atoms with E-state index in [1.54, 1.807) is 0 Å². The van der Waals surface area contributed by atoms with Gasteiger partial charge in [0.25, 0.3) is 0 Å². The molecule has 0 spiro atoms. The molecule has 0 saturated carbocycles. The lowest BCUT2D eigenvalue weighted by Gasteiger charge is -2.27. The highest BCUT2D eigenvalue weighted by Gasteiger charge is 2.40. The van der Waals surface area contributed by atoms with Crippen LogP contribution in [0.25, 0.3) is 0 Å². The molecule has 1 aliphatic heterocycles. The maximum Gasteiger partial charge on any atom is 0.245 e. The topological polar surface area (TPSA) is 63.4 Å². The van der Waals surface area contributed by atoms with Gasteiger partial charge < -0.3 is 5.73 Å². The summed E-state index contributed by atoms with van der Waals surface area (Å²) >= 11 is 5.90. The molecule has 0 aliphatic carbocycles. The Morgan fingerprint density at radius 2 is 2.10 bits per heavy atom. The third-order valence-electron chi connectivity index (χ3n) is 3.79. The first kappa shape index (κ1) is 15.5. The number of hydrogen-bond acceptors (Lipinski definition) is 3. The summed E-state index contributed by atoms with van der Waals surface area (Å²) < 4.78 is 40.3. The number of halogens is 2. The van der Waals surface area contributed by atoms with Crippen LogP contribution < -0.4 is 5.73 Å². The standard InChI is InChI=1S/C13H18ClFN2O2S/c1-3-9-5-4-8(2)17(9)20(18,19)13-7-12(16)11(15)6-10(13)14/h6-9H,3-5,16H2,1-2H3. The summed E-state index contributed by atoms with van der Waals surface area (Å²) in [5.74, 6) is -0.713. The summed E-state index contributed by atoms with van der Waals surface area (Å²) in [5, 5.41) is -0.134. The second kappa shape index (κ2) is 5.50. The fourth-order valence-electron chi connectivity index (χ4n) is 2.72. The van der Waals surface area contributed by atoms with Crippen LogP contribution in [0.3, 0.4) is 0 Å². The van der Waals surface area contributed by atoms with E-state index in [0.717, 1.165) is 31.4 Å². The van der Waals surface area contributed by atoms with Gasteiger partial charge in [0.15, 0.2) is 0 Å². The second-order valence-corrected chi connectivity index (χ2v) is 7.35. The number of nitrogens with two attached hydrogens (primary N) is 1. The van der Waals surface area contributed by atoms with Crippen LogP contribution in [-0.4, -0.2) is 24.8 Å². The van der Waals surface area contributed by atoms with Crippen LogP contribution >= 0.6 is 11.6 Å². The number of sulfonamides is 1. The van der Waals surface area contributed by atoms with Crippen LogP contribution in [0.1, 0.15) is 33.1 Å². The van der Waals surface area contributed by atoms with E-state index in [-0.39, 0.29) is 27.7 Å². The molecule has 1 heterocycles. The molecule has 2 N–H and O–H groups in total. The number of nitrogens with zero attached hydrogens (tertiary/aromatic N) is 1. The Hall–Kier alpha value is -0.850. The van der Waals surface area contributed by atoms with Crippen molar-refractivity contribution in [3.63, 3.8) is 0 Å². The molecule has 1 fully saturated rings. The van der Waals surface area contributed by atoms with E-state index >= 15 is 0 Å². The molecule has 1 saturated heterocycles. The largest absolute Gasteiger partial charge is 0.396 e. The molecule has 0 amide bonds. The van der Waals surface area contributed by atoms with Gasteiger partial charge >= 0.3 is 0 Å². The van der Waals surface area contributed by atoms with E-state index in [1.807, 2.05) is 13.8 Å². The predicted molar refractivity (Wildman–Crippen MR) is 77.6 cm³/mol. The Balaban J connectivity index is 2.53. The predicted octanol–water partition coefficient (Wildman–Crippen LogP) is 3.01. The number of hydrogen-bond donors (Lipinski definition) is 1. The van der Waals surface area contributed by atoms with Crippen LogP contribution in [0.5, 0.6) is 0 Å². The van der Waals surface area contributed by atoms with Crippen molar-refractivity contribution in [1.82, 2.24) is 4.31 Å². The van der Waals surface area contributed by atoms with Gasteiger partial charge in [-0.05, 0) is 38.3 Å². The van der Waals surface area contributed by atoms with Crippen molar-refractivity contribution in [2.24, 2.45) is 0 Å². The summed E-state index contributed by atoms with van der Waals surface area (Å²) in [6.07, 6.45) is 2.37. The Bertz CT molecular complexity index is 621. The molecule has 7 heteroatoms. The normalized spacial score (nSPS) is 24.2. The average molecular weight is 321 g/mol. The van der Waals surface area contributed by atoms with E-state index in [9.17, 15) is 12.8 Å². The van der Waals surface area contributed by atoms with Gasteiger partial charge in [-0.15, -0.1) is 0 Å². The van der Waals surface area contributed by atoms with Gasteiger partial charge in [0.05, 0.1) is 10.7 Å². The van der Waals surface area contributed by atoms with Gasteiger partial charge in [0, 0.05) is 12.1 Å². The van der Waals surface area contributed by atoms with Crippen LogP contribution in [0.15, 0.2) is 17.0 Å². The van der Waals surface area contributed by atoms with E-state index in [2.05, 4.69) is 0 Å². The van der Waals surface area contributed by atoms with Crippen molar-refractivity contribution >= 4 is 27.3 Å². The smallest absolute Gasteiger partial charge is 0.245 e. The van der Waals surface area contributed by atoms with Gasteiger partial charge in [-0.1, -0.05) is 18.5 Å². The molecule has 0 bridgehead atoms. The molecule has 1 aromatic rings. The van der Waals surface area contributed by atoms with Crippen molar-refractivity contribution in [3.05, 3.63) is 23.0 Å². The zero-order chi connectivity index (χ0) is 15.1. The summed E-state index contributed by atoms with van der Waals surface area (Å²) in [6, 6.07) is 1.92. The Kier molecular flexibility index (Phi) is 4.27. The van der Waals surface area contributed by atoms with Crippen molar-refractivity contribution in [3.8, 4) is 0 Å². The Labute approximate surface area is 123 Å². The van der Waals surface area contributed by atoms with Crippen molar-refractivity contribution in [2.45, 2.75) is 50.1 Å². The molecule has 2 unspecified atom stereocenters. The summed E-state index contributed by atoms with van der Waals surface area (Å²) in [4.78, 5) is -0.120. The highest BCUT2D eigenvalue weighted by Crippen LogP contribution is 2.36. The number of anilines is 1. The van der Waals surface area contributed by atoms with Crippen LogP contribution in [0.4, 0.5) is 10.1 Å². The van der Waals surface area contributed by atoms with E-state index < -0.39 is 15.8 Å².